The van der Waals surface area contributed by atoms with E-state index >= 15 is 0 Å². The van der Waals surface area contributed by atoms with Crippen LogP contribution in [0.15, 0.2) is 72.6 Å². The number of nitrogens with zero attached hydrogens (tertiary/aromatic N) is 2. The van der Waals surface area contributed by atoms with Crippen LogP contribution in [-0.4, -0.2) is 28.9 Å². The maximum absolute atomic E-state index is 13.1. The summed E-state index contributed by atoms with van der Waals surface area (Å²) >= 11 is 12.2. The predicted octanol–water partition coefficient (Wildman–Crippen LogP) is 5.02. The Labute approximate surface area is 188 Å². The van der Waals surface area contributed by atoms with Crippen molar-refractivity contribution in [3.05, 3.63) is 93.7 Å². The number of carbonyl (C=O) groups is 2. The maximum atomic E-state index is 13.1. The lowest BCUT2D eigenvalue weighted by atomic mass is 9.95. The number of hydrogen-bond donors (Lipinski definition) is 1. The number of aromatic nitrogens is 1. The Morgan fingerprint density at radius 2 is 1.71 bits per heavy atom. The fraction of sp³-hybridized carbons (Fsp3) is 0.0870. The van der Waals surface area contributed by atoms with Gasteiger partial charge in [0.05, 0.1) is 23.7 Å². The van der Waals surface area contributed by atoms with Crippen LogP contribution in [0.4, 0.5) is 5.69 Å². The number of amides is 1. The number of hydrogen-bond acceptors (Lipinski definition) is 5. The summed E-state index contributed by atoms with van der Waals surface area (Å²) in [6.45, 7) is 0. The van der Waals surface area contributed by atoms with E-state index in [1.54, 1.807) is 60.9 Å². The molecule has 1 atom stereocenters. The largest absolute Gasteiger partial charge is 0.507 e. The molecule has 1 saturated heterocycles. The number of rotatable bonds is 4. The standard InChI is InChI=1S/C23H16Cl2N2O4/c1-31-18-7-2-14(12-17(18)25)21(28)19-20(13-8-10-26-11-9-13)27(23(30)22(19)29)16-5-3-15(24)4-6-16/h2-12,20,28H,1H3/b21-19-. The molecule has 1 aliphatic rings. The van der Waals surface area contributed by atoms with Crippen LogP contribution in [0.25, 0.3) is 5.76 Å². The smallest absolute Gasteiger partial charge is 0.300 e. The molecule has 0 spiro atoms. The van der Waals surface area contributed by atoms with Crippen molar-refractivity contribution in [2.24, 2.45) is 0 Å². The van der Waals surface area contributed by atoms with Crippen molar-refractivity contribution in [1.29, 1.82) is 0 Å². The molecule has 1 unspecified atom stereocenters. The fourth-order valence-electron chi connectivity index (χ4n) is 3.53. The van der Waals surface area contributed by atoms with Gasteiger partial charge in [0.1, 0.15) is 11.5 Å². The molecule has 1 fully saturated rings. The number of carbonyl (C=O) groups excluding carboxylic acids is 2. The Bertz CT molecular complexity index is 1190. The van der Waals surface area contributed by atoms with E-state index in [-0.39, 0.29) is 16.4 Å². The van der Waals surface area contributed by atoms with Gasteiger partial charge >= 0.3 is 0 Å². The van der Waals surface area contributed by atoms with E-state index in [4.69, 9.17) is 27.9 Å². The number of benzene rings is 2. The van der Waals surface area contributed by atoms with Gasteiger partial charge in [0.2, 0.25) is 0 Å². The summed E-state index contributed by atoms with van der Waals surface area (Å²) in [6.07, 6.45) is 3.11. The van der Waals surface area contributed by atoms with E-state index < -0.39 is 17.7 Å². The molecule has 0 aliphatic carbocycles. The topological polar surface area (TPSA) is 79.7 Å². The molecule has 1 aliphatic heterocycles. The second-order valence-corrected chi connectivity index (χ2v) is 7.62. The molecule has 0 saturated carbocycles. The van der Waals surface area contributed by atoms with Crippen molar-refractivity contribution < 1.29 is 19.4 Å². The first kappa shape index (κ1) is 20.9. The van der Waals surface area contributed by atoms with Crippen LogP contribution in [0, 0.1) is 0 Å². The Balaban J connectivity index is 1.92. The van der Waals surface area contributed by atoms with Gasteiger partial charge in [0, 0.05) is 28.7 Å². The summed E-state index contributed by atoms with van der Waals surface area (Å²) in [5.41, 5.74) is 1.33. The van der Waals surface area contributed by atoms with E-state index in [9.17, 15) is 14.7 Å². The van der Waals surface area contributed by atoms with Crippen LogP contribution in [0.2, 0.25) is 10.0 Å². The number of halogens is 2. The van der Waals surface area contributed by atoms with Gasteiger partial charge in [0.15, 0.2) is 0 Å². The first-order chi connectivity index (χ1) is 14.9. The monoisotopic (exact) mass is 454 g/mol. The van der Waals surface area contributed by atoms with Gasteiger partial charge < -0.3 is 9.84 Å². The molecule has 2 heterocycles. The zero-order valence-electron chi connectivity index (χ0n) is 16.3. The van der Waals surface area contributed by atoms with Gasteiger partial charge in [-0.15, -0.1) is 0 Å². The number of aliphatic hydroxyl groups excluding tert-OH is 1. The summed E-state index contributed by atoms with van der Waals surface area (Å²) in [5.74, 6) is -1.47. The summed E-state index contributed by atoms with van der Waals surface area (Å²) in [7, 11) is 1.47. The number of anilines is 1. The third-order valence-electron chi connectivity index (χ3n) is 5.00. The van der Waals surface area contributed by atoms with Gasteiger partial charge in [-0.3, -0.25) is 19.5 Å². The number of Topliss-reactive ketones (excluding diaryl/α,β-unsaturated/α-hetero) is 1. The maximum Gasteiger partial charge on any atom is 0.300 e. The molecule has 1 amide bonds. The van der Waals surface area contributed by atoms with E-state index in [0.717, 1.165) is 0 Å². The lowest BCUT2D eigenvalue weighted by Crippen LogP contribution is -2.29. The minimum Gasteiger partial charge on any atom is -0.507 e. The minimum absolute atomic E-state index is 0.0487. The molecular weight excluding hydrogens is 439 g/mol. The second-order valence-electron chi connectivity index (χ2n) is 6.78. The molecular formula is C23H16Cl2N2O4. The van der Waals surface area contributed by atoms with Gasteiger partial charge in [-0.2, -0.15) is 0 Å². The summed E-state index contributed by atoms with van der Waals surface area (Å²) in [6, 6.07) is 13.7. The molecule has 156 valence electrons. The molecule has 1 aromatic heterocycles. The lowest BCUT2D eigenvalue weighted by Gasteiger charge is -2.25. The van der Waals surface area contributed by atoms with Crippen LogP contribution in [0.1, 0.15) is 17.2 Å². The zero-order valence-corrected chi connectivity index (χ0v) is 17.8. The van der Waals surface area contributed by atoms with E-state index in [0.29, 0.717) is 27.6 Å². The quantitative estimate of drug-likeness (QED) is 0.340. The SMILES string of the molecule is COc1ccc(/C(O)=C2/C(=O)C(=O)N(c3ccc(Cl)cc3)C2c2ccncc2)cc1Cl. The first-order valence-corrected chi connectivity index (χ1v) is 9.98. The number of methoxy groups -OCH3 is 1. The summed E-state index contributed by atoms with van der Waals surface area (Å²) in [5, 5.41) is 11.8. The average Bonchev–Trinajstić information content (AvgIpc) is 3.05. The van der Waals surface area contributed by atoms with Gasteiger partial charge in [-0.05, 0) is 60.2 Å². The highest BCUT2D eigenvalue weighted by molar-refractivity contribution is 6.51. The van der Waals surface area contributed by atoms with Crippen LogP contribution < -0.4 is 9.64 Å². The molecule has 6 nitrogen and oxygen atoms in total. The molecule has 4 rings (SSSR count). The fourth-order valence-corrected chi connectivity index (χ4v) is 3.91. The van der Waals surface area contributed by atoms with Crippen LogP contribution in [-0.2, 0) is 9.59 Å². The van der Waals surface area contributed by atoms with Crippen LogP contribution in [0.3, 0.4) is 0 Å². The third kappa shape index (κ3) is 3.76. The number of ketones is 1. The zero-order chi connectivity index (χ0) is 22.1. The third-order valence-corrected chi connectivity index (χ3v) is 5.54. The average molecular weight is 455 g/mol. The van der Waals surface area contributed by atoms with Crippen LogP contribution in [0.5, 0.6) is 5.75 Å². The normalized spacial score (nSPS) is 17.8. The minimum atomic E-state index is -0.856. The summed E-state index contributed by atoms with van der Waals surface area (Å²) in [4.78, 5) is 31.4. The Morgan fingerprint density at radius 3 is 2.32 bits per heavy atom. The first-order valence-electron chi connectivity index (χ1n) is 9.22. The van der Waals surface area contributed by atoms with Gasteiger partial charge in [0.25, 0.3) is 11.7 Å². The Hall–Kier alpha value is -3.35. The van der Waals surface area contributed by atoms with E-state index in [1.165, 1.54) is 18.1 Å². The van der Waals surface area contributed by atoms with Crippen molar-refractivity contribution in [2.75, 3.05) is 12.0 Å². The van der Waals surface area contributed by atoms with Crippen molar-refractivity contribution >= 4 is 46.3 Å². The van der Waals surface area contributed by atoms with Crippen molar-refractivity contribution in [3.63, 3.8) is 0 Å². The predicted molar refractivity (Wildman–Crippen MR) is 118 cm³/mol. The Morgan fingerprint density at radius 1 is 1.03 bits per heavy atom. The van der Waals surface area contributed by atoms with Crippen LogP contribution >= 0.6 is 23.2 Å². The van der Waals surface area contributed by atoms with Crippen molar-refractivity contribution in [3.8, 4) is 5.75 Å². The molecule has 0 bridgehead atoms. The molecule has 31 heavy (non-hydrogen) atoms. The highest BCUT2D eigenvalue weighted by Gasteiger charge is 2.47. The summed E-state index contributed by atoms with van der Waals surface area (Å²) < 4.78 is 5.14. The van der Waals surface area contributed by atoms with Crippen molar-refractivity contribution in [1.82, 2.24) is 4.98 Å². The van der Waals surface area contributed by atoms with Crippen molar-refractivity contribution in [2.45, 2.75) is 6.04 Å². The van der Waals surface area contributed by atoms with E-state index in [2.05, 4.69) is 4.98 Å². The molecule has 8 heteroatoms. The lowest BCUT2D eigenvalue weighted by molar-refractivity contribution is -0.132. The van der Waals surface area contributed by atoms with Gasteiger partial charge in [-0.1, -0.05) is 23.2 Å². The Kier molecular flexibility index (Phi) is 5.67. The molecule has 0 radical (unpaired) electrons. The highest BCUT2D eigenvalue weighted by atomic mass is 35.5. The van der Waals surface area contributed by atoms with Gasteiger partial charge in [-0.25, -0.2) is 0 Å². The number of pyridine rings is 1. The molecule has 3 aromatic rings. The number of ether oxygens (including phenoxy) is 1. The molecule has 2 aromatic carbocycles. The molecule has 1 N–H and O–H groups in total. The highest BCUT2D eigenvalue weighted by Crippen LogP contribution is 2.42. The second kappa shape index (κ2) is 8.41. The number of aliphatic hydroxyl groups is 1. The van der Waals surface area contributed by atoms with E-state index in [1.807, 2.05) is 0 Å².